The Labute approximate surface area is 97.9 Å². The van der Waals surface area contributed by atoms with Crippen LogP contribution in [0.1, 0.15) is 38.5 Å². The molecule has 1 saturated carbocycles. The number of amides is 1. The molecule has 1 aliphatic rings. The van der Waals surface area contributed by atoms with Gasteiger partial charge in [-0.2, -0.15) is 0 Å². The normalized spacial score (nSPS) is 20.1. The summed E-state index contributed by atoms with van der Waals surface area (Å²) >= 11 is 0. The van der Waals surface area contributed by atoms with Crippen molar-refractivity contribution in [1.29, 1.82) is 0 Å². The first kappa shape index (κ1) is 13.5. The molecule has 0 radical (unpaired) electrons. The molecule has 94 valence electrons. The number of ether oxygens (including phenoxy) is 1. The van der Waals surface area contributed by atoms with E-state index in [1.165, 1.54) is 25.7 Å². The highest BCUT2D eigenvalue weighted by atomic mass is 16.5. The molecule has 0 aromatic carbocycles. The lowest BCUT2D eigenvalue weighted by Crippen LogP contribution is -2.45. The van der Waals surface area contributed by atoms with E-state index in [9.17, 15) is 4.79 Å². The van der Waals surface area contributed by atoms with Crippen molar-refractivity contribution < 1.29 is 9.53 Å². The molecule has 16 heavy (non-hydrogen) atoms. The molecule has 0 spiro atoms. The minimum absolute atomic E-state index is 0.0410. The maximum atomic E-state index is 12.0. The molecule has 1 fully saturated rings. The number of nitrogens with one attached hydrogen (secondary N) is 1. The molecule has 1 unspecified atom stereocenters. The fraction of sp³-hybridized carbons (Fsp3) is 0.917. The van der Waals surface area contributed by atoms with Gasteiger partial charge >= 0.3 is 0 Å². The summed E-state index contributed by atoms with van der Waals surface area (Å²) in [6.45, 7) is 0.932. The molecule has 0 aromatic rings. The largest absolute Gasteiger partial charge is 0.383 e. The zero-order chi connectivity index (χ0) is 11.8. The number of rotatable bonds is 5. The number of carbonyl (C=O) groups excluding carboxylic acids is 1. The highest BCUT2D eigenvalue weighted by molar-refractivity contribution is 5.78. The van der Waals surface area contributed by atoms with E-state index in [1.54, 1.807) is 7.11 Å². The van der Waals surface area contributed by atoms with Crippen LogP contribution in [0.4, 0.5) is 0 Å². The summed E-state index contributed by atoms with van der Waals surface area (Å²) in [5.41, 5.74) is 5.57. The SMILES string of the molecule is COCC(CN)NC(=O)C1CCCCCC1. The van der Waals surface area contributed by atoms with E-state index in [4.69, 9.17) is 10.5 Å². The van der Waals surface area contributed by atoms with E-state index in [1.807, 2.05) is 0 Å². The van der Waals surface area contributed by atoms with Crippen LogP contribution in [0.3, 0.4) is 0 Å². The first-order valence-corrected chi connectivity index (χ1v) is 6.27. The third-order valence-corrected chi connectivity index (χ3v) is 3.22. The van der Waals surface area contributed by atoms with E-state index < -0.39 is 0 Å². The predicted molar refractivity (Wildman–Crippen MR) is 64.1 cm³/mol. The predicted octanol–water partition coefficient (Wildman–Crippen LogP) is 1.05. The van der Waals surface area contributed by atoms with Crippen molar-refractivity contribution in [1.82, 2.24) is 5.32 Å². The van der Waals surface area contributed by atoms with Crippen molar-refractivity contribution in [2.75, 3.05) is 20.3 Å². The van der Waals surface area contributed by atoms with E-state index in [0.29, 0.717) is 13.2 Å². The Morgan fingerprint density at radius 2 is 2.00 bits per heavy atom. The lowest BCUT2D eigenvalue weighted by molar-refractivity contribution is -0.126. The third-order valence-electron chi connectivity index (χ3n) is 3.22. The van der Waals surface area contributed by atoms with E-state index >= 15 is 0 Å². The Balaban J connectivity index is 2.36. The molecule has 0 aliphatic heterocycles. The number of methoxy groups -OCH3 is 1. The molecule has 4 nitrogen and oxygen atoms in total. The number of hydrogen-bond donors (Lipinski definition) is 2. The van der Waals surface area contributed by atoms with Gasteiger partial charge in [0.1, 0.15) is 0 Å². The topological polar surface area (TPSA) is 64.3 Å². The summed E-state index contributed by atoms with van der Waals surface area (Å²) in [5.74, 6) is 0.350. The summed E-state index contributed by atoms with van der Waals surface area (Å²) < 4.78 is 5.01. The van der Waals surface area contributed by atoms with Gasteiger partial charge in [-0.25, -0.2) is 0 Å². The zero-order valence-corrected chi connectivity index (χ0v) is 10.2. The minimum atomic E-state index is -0.0410. The Bertz CT molecular complexity index is 201. The van der Waals surface area contributed by atoms with Gasteiger partial charge in [0.05, 0.1) is 12.6 Å². The molecule has 1 rings (SSSR count). The average molecular weight is 228 g/mol. The first-order chi connectivity index (χ1) is 7.77. The van der Waals surface area contributed by atoms with Crippen molar-refractivity contribution >= 4 is 5.91 Å². The molecule has 1 aliphatic carbocycles. The standard InChI is InChI=1S/C12H24N2O2/c1-16-9-11(8-13)14-12(15)10-6-4-2-3-5-7-10/h10-11H,2-9,13H2,1H3,(H,14,15). The van der Waals surface area contributed by atoms with Gasteiger partial charge in [-0.1, -0.05) is 25.7 Å². The molecule has 1 amide bonds. The molecular formula is C12H24N2O2. The highest BCUT2D eigenvalue weighted by Crippen LogP contribution is 2.22. The van der Waals surface area contributed by atoms with Gasteiger partial charge < -0.3 is 15.8 Å². The second-order valence-corrected chi connectivity index (χ2v) is 4.59. The Hall–Kier alpha value is -0.610. The third kappa shape index (κ3) is 4.49. The molecule has 3 N–H and O–H groups in total. The Morgan fingerprint density at radius 3 is 2.50 bits per heavy atom. The maximum Gasteiger partial charge on any atom is 0.223 e. The van der Waals surface area contributed by atoms with Gasteiger partial charge in [0, 0.05) is 19.6 Å². The number of carbonyl (C=O) groups is 1. The molecule has 0 heterocycles. The average Bonchev–Trinajstić information content (AvgIpc) is 2.56. The molecule has 1 atom stereocenters. The van der Waals surface area contributed by atoms with Crippen LogP contribution < -0.4 is 11.1 Å². The molecular weight excluding hydrogens is 204 g/mol. The first-order valence-electron chi connectivity index (χ1n) is 6.27. The Morgan fingerprint density at radius 1 is 1.38 bits per heavy atom. The lowest BCUT2D eigenvalue weighted by Gasteiger charge is -2.20. The van der Waals surface area contributed by atoms with Gasteiger partial charge in [0.15, 0.2) is 0 Å². The number of nitrogens with two attached hydrogens (primary N) is 1. The smallest absolute Gasteiger partial charge is 0.223 e. The molecule has 0 bridgehead atoms. The van der Waals surface area contributed by atoms with Crippen LogP contribution in [0.5, 0.6) is 0 Å². The molecule has 0 aromatic heterocycles. The summed E-state index contributed by atoms with van der Waals surface area (Å²) in [4.78, 5) is 12.0. The quantitative estimate of drug-likeness (QED) is 0.691. The van der Waals surface area contributed by atoms with Gasteiger partial charge in [-0.05, 0) is 12.8 Å². The van der Waals surface area contributed by atoms with E-state index in [2.05, 4.69) is 5.32 Å². The van der Waals surface area contributed by atoms with Crippen molar-refractivity contribution in [3.8, 4) is 0 Å². The van der Waals surface area contributed by atoms with Crippen LogP contribution in [-0.4, -0.2) is 32.2 Å². The van der Waals surface area contributed by atoms with E-state index in [-0.39, 0.29) is 17.9 Å². The van der Waals surface area contributed by atoms with Crippen LogP contribution in [-0.2, 0) is 9.53 Å². The summed E-state index contributed by atoms with van der Waals surface area (Å²) in [7, 11) is 1.63. The summed E-state index contributed by atoms with van der Waals surface area (Å²) in [5, 5.41) is 2.98. The fourth-order valence-electron chi connectivity index (χ4n) is 2.23. The summed E-state index contributed by atoms with van der Waals surface area (Å²) in [6.07, 6.45) is 6.93. The monoisotopic (exact) mass is 228 g/mol. The van der Waals surface area contributed by atoms with Gasteiger partial charge in [0.25, 0.3) is 0 Å². The second-order valence-electron chi connectivity index (χ2n) is 4.59. The van der Waals surface area contributed by atoms with Crippen LogP contribution in [0, 0.1) is 5.92 Å². The highest BCUT2D eigenvalue weighted by Gasteiger charge is 2.21. The van der Waals surface area contributed by atoms with Crippen molar-refractivity contribution in [2.24, 2.45) is 11.7 Å². The molecule has 4 heteroatoms. The lowest BCUT2D eigenvalue weighted by atomic mass is 9.99. The summed E-state index contributed by atoms with van der Waals surface area (Å²) in [6, 6.07) is -0.0410. The van der Waals surface area contributed by atoms with Gasteiger partial charge in [-0.3, -0.25) is 4.79 Å². The van der Waals surface area contributed by atoms with Crippen LogP contribution >= 0.6 is 0 Å². The van der Waals surface area contributed by atoms with Crippen LogP contribution in [0.15, 0.2) is 0 Å². The Kier molecular flexibility index (Phi) is 6.42. The van der Waals surface area contributed by atoms with Crippen LogP contribution in [0.25, 0.3) is 0 Å². The maximum absolute atomic E-state index is 12.0. The zero-order valence-electron chi connectivity index (χ0n) is 10.2. The van der Waals surface area contributed by atoms with Gasteiger partial charge in [0.2, 0.25) is 5.91 Å². The van der Waals surface area contributed by atoms with Crippen molar-refractivity contribution in [3.63, 3.8) is 0 Å². The number of hydrogen-bond acceptors (Lipinski definition) is 3. The minimum Gasteiger partial charge on any atom is -0.383 e. The molecule has 0 saturated heterocycles. The fourth-order valence-corrected chi connectivity index (χ4v) is 2.23. The van der Waals surface area contributed by atoms with Crippen molar-refractivity contribution in [3.05, 3.63) is 0 Å². The van der Waals surface area contributed by atoms with Crippen LogP contribution in [0.2, 0.25) is 0 Å². The van der Waals surface area contributed by atoms with E-state index in [0.717, 1.165) is 12.8 Å². The second kappa shape index (κ2) is 7.63. The van der Waals surface area contributed by atoms with Crippen molar-refractivity contribution in [2.45, 2.75) is 44.6 Å². The van der Waals surface area contributed by atoms with Gasteiger partial charge in [-0.15, -0.1) is 0 Å².